The van der Waals surface area contributed by atoms with Crippen LogP contribution in [0.5, 0.6) is 0 Å². The first-order chi connectivity index (χ1) is 33.5. The van der Waals surface area contributed by atoms with Crippen LogP contribution in [0.2, 0.25) is 0 Å². The van der Waals surface area contributed by atoms with Gasteiger partial charge in [-0.25, -0.2) is 0 Å². The van der Waals surface area contributed by atoms with Crippen molar-refractivity contribution in [3.8, 4) is 0 Å². The summed E-state index contributed by atoms with van der Waals surface area (Å²) < 4.78 is 33.6. The Balaban J connectivity index is 1.77. The molecular weight excluding hydrogens is 889 g/mol. The van der Waals surface area contributed by atoms with E-state index in [4.69, 9.17) is 28.4 Å². The van der Waals surface area contributed by atoms with Gasteiger partial charge in [0.15, 0.2) is 18.7 Å². The average molecular weight is 989 g/mol. The predicted molar refractivity (Wildman–Crippen MR) is 266 cm³/mol. The summed E-state index contributed by atoms with van der Waals surface area (Å²) in [7, 11) is 0. The number of rotatable bonds is 44. The smallest absolute Gasteiger partial charge is 0.306 e. The van der Waals surface area contributed by atoms with Crippen LogP contribution in [0, 0.1) is 0 Å². The van der Waals surface area contributed by atoms with Crippen LogP contribution >= 0.6 is 0 Å². The van der Waals surface area contributed by atoms with Crippen molar-refractivity contribution < 1.29 is 73.8 Å². The van der Waals surface area contributed by atoms with Gasteiger partial charge in [-0.15, -0.1) is 0 Å². The Morgan fingerprint density at radius 1 is 0.449 bits per heavy atom. The van der Waals surface area contributed by atoms with Crippen molar-refractivity contribution in [1.82, 2.24) is 0 Å². The summed E-state index contributed by atoms with van der Waals surface area (Å²) in [5.74, 6) is -0.921. The number of hydrogen-bond acceptors (Lipinski definition) is 15. The Kier molecular flexibility index (Phi) is 38.3. The zero-order chi connectivity index (χ0) is 50.3. The minimum absolute atomic E-state index is 0.159. The molecular formula is C54H100O15. The third-order valence-electron chi connectivity index (χ3n) is 13.5. The first kappa shape index (κ1) is 63.4. The van der Waals surface area contributed by atoms with Crippen molar-refractivity contribution in [2.45, 2.75) is 293 Å². The number of esters is 2. The van der Waals surface area contributed by atoms with Crippen molar-refractivity contribution in [3.63, 3.8) is 0 Å². The molecule has 2 fully saturated rings. The molecule has 0 amide bonds. The van der Waals surface area contributed by atoms with Gasteiger partial charge in [-0.1, -0.05) is 187 Å². The van der Waals surface area contributed by atoms with Crippen molar-refractivity contribution in [2.24, 2.45) is 0 Å². The zero-order valence-electron chi connectivity index (χ0n) is 43.1. The summed E-state index contributed by atoms with van der Waals surface area (Å²) in [5.41, 5.74) is 0. The molecule has 406 valence electrons. The summed E-state index contributed by atoms with van der Waals surface area (Å²) in [6.07, 6.45) is 25.2. The molecule has 7 N–H and O–H groups in total. The third-order valence-corrected chi connectivity index (χ3v) is 13.5. The van der Waals surface area contributed by atoms with E-state index in [1.807, 2.05) is 0 Å². The van der Waals surface area contributed by atoms with Crippen molar-refractivity contribution in [2.75, 3.05) is 26.4 Å². The fourth-order valence-electron chi connectivity index (χ4n) is 8.92. The second-order valence-corrected chi connectivity index (χ2v) is 19.8. The second-order valence-electron chi connectivity index (χ2n) is 19.8. The summed E-state index contributed by atoms with van der Waals surface area (Å²) in [6, 6.07) is 0. The molecule has 0 aromatic heterocycles. The number of aliphatic hydroxyl groups excluding tert-OH is 7. The van der Waals surface area contributed by atoms with Gasteiger partial charge >= 0.3 is 11.9 Å². The lowest BCUT2D eigenvalue weighted by molar-refractivity contribution is -0.332. The van der Waals surface area contributed by atoms with Crippen molar-refractivity contribution in [3.05, 3.63) is 12.2 Å². The summed E-state index contributed by atoms with van der Waals surface area (Å²) >= 11 is 0. The highest BCUT2D eigenvalue weighted by Gasteiger charge is 2.47. The normalized spacial score (nSPS) is 25.6. The standard InChI is InChI=1S/C54H100O15/c1-3-5-7-9-11-13-15-17-19-20-21-23-24-26-28-30-32-34-36-45(56)64-39-42(67-46(57)37-35-33-31-29-27-25-22-18-16-14-12-10-8-6-4-2)40-65-53-52(63)50(61)48(59)44(69-53)41-66-54-51(62)49(60)47(58)43(38-55)68-54/h18,22,42-44,47-55,58-63H,3-17,19-21,23-41H2,1-2H3/b22-18+/t42-,43+,44+,47-,48-,49?,50?,51?,52?,53+,54+/m0/s1. The van der Waals surface area contributed by atoms with E-state index in [0.717, 1.165) is 57.8 Å². The fourth-order valence-corrected chi connectivity index (χ4v) is 8.92. The van der Waals surface area contributed by atoms with E-state index in [1.165, 1.54) is 128 Å². The van der Waals surface area contributed by atoms with Gasteiger partial charge < -0.3 is 64.2 Å². The van der Waals surface area contributed by atoms with E-state index in [-0.39, 0.29) is 26.1 Å². The zero-order valence-corrected chi connectivity index (χ0v) is 43.1. The van der Waals surface area contributed by atoms with Gasteiger partial charge in [0.05, 0.1) is 19.8 Å². The molecule has 0 radical (unpaired) electrons. The maximum atomic E-state index is 13.0. The number of carbonyl (C=O) groups excluding carboxylic acids is 2. The maximum absolute atomic E-state index is 13.0. The van der Waals surface area contributed by atoms with Crippen LogP contribution in [0.15, 0.2) is 12.2 Å². The lowest BCUT2D eigenvalue weighted by Crippen LogP contribution is -2.61. The second kappa shape index (κ2) is 41.7. The lowest BCUT2D eigenvalue weighted by atomic mass is 9.98. The van der Waals surface area contributed by atoms with Crippen molar-refractivity contribution >= 4 is 11.9 Å². The van der Waals surface area contributed by atoms with E-state index < -0.39 is 92.7 Å². The number of aliphatic hydroxyl groups is 7. The minimum Gasteiger partial charge on any atom is -0.462 e. The SMILES string of the molecule is CCCCCCCC/C=C/CCCCCCCC(=O)O[C@@H](COC(=O)CCCCCCCCCCCCCCCCCCCC)CO[C@@H]1O[C@H](CO[C@@H]2O[C@H](CO)[C@H](O)C(O)C2O)[C@H](O)C(O)C1O. The summed E-state index contributed by atoms with van der Waals surface area (Å²) in [4.78, 5) is 25.8. The lowest BCUT2D eigenvalue weighted by Gasteiger charge is -2.42. The molecule has 0 bridgehead atoms. The van der Waals surface area contributed by atoms with Gasteiger partial charge in [0, 0.05) is 12.8 Å². The highest BCUT2D eigenvalue weighted by atomic mass is 16.7. The van der Waals surface area contributed by atoms with Crippen LogP contribution in [-0.2, 0) is 38.0 Å². The molecule has 2 aliphatic rings. The number of carbonyl (C=O) groups is 2. The topological polar surface area (TPSA) is 231 Å². The van der Waals surface area contributed by atoms with E-state index in [9.17, 15) is 45.3 Å². The molecule has 4 unspecified atom stereocenters. The molecule has 0 aromatic rings. The van der Waals surface area contributed by atoms with Gasteiger partial charge in [0.25, 0.3) is 0 Å². The van der Waals surface area contributed by atoms with Crippen LogP contribution in [0.1, 0.15) is 226 Å². The van der Waals surface area contributed by atoms with Gasteiger partial charge in [-0.05, 0) is 38.5 Å². The number of hydrogen-bond donors (Lipinski definition) is 7. The first-order valence-corrected chi connectivity index (χ1v) is 27.8. The van der Waals surface area contributed by atoms with Crippen LogP contribution in [0.4, 0.5) is 0 Å². The Bertz CT molecular complexity index is 1250. The largest absolute Gasteiger partial charge is 0.462 e. The Morgan fingerprint density at radius 3 is 1.28 bits per heavy atom. The molecule has 15 heteroatoms. The third kappa shape index (κ3) is 29.5. The van der Waals surface area contributed by atoms with Gasteiger partial charge in [-0.2, -0.15) is 0 Å². The van der Waals surface area contributed by atoms with E-state index in [1.54, 1.807) is 0 Å². The molecule has 11 atom stereocenters. The minimum atomic E-state index is -1.76. The molecule has 0 aromatic carbocycles. The number of ether oxygens (including phenoxy) is 6. The highest BCUT2D eigenvalue weighted by Crippen LogP contribution is 2.27. The molecule has 0 spiro atoms. The molecule has 0 saturated carbocycles. The van der Waals surface area contributed by atoms with Crippen LogP contribution in [0.25, 0.3) is 0 Å². The van der Waals surface area contributed by atoms with Crippen molar-refractivity contribution in [1.29, 1.82) is 0 Å². The molecule has 15 nitrogen and oxygen atoms in total. The first-order valence-electron chi connectivity index (χ1n) is 27.8. The molecule has 0 aliphatic carbocycles. The van der Waals surface area contributed by atoms with Crippen LogP contribution in [0.3, 0.4) is 0 Å². The monoisotopic (exact) mass is 989 g/mol. The molecule has 2 aliphatic heterocycles. The van der Waals surface area contributed by atoms with Gasteiger partial charge in [0.2, 0.25) is 0 Å². The Morgan fingerprint density at radius 2 is 0.826 bits per heavy atom. The average Bonchev–Trinajstić information content (AvgIpc) is 3.34. The number of unbranched alkanes of at least 4 members (excludes halogenated alkanes) is 28. The van der Waals surface area contributed by atoms with E-state index in [2.05, 4.69) is 26.0 Å². The summed E-state index contributed by atoms with van der Waals surface area (Å²) in [5, 5.41) is 72.2. The highest BCUT2D eigenvalue weighted by molar-refractivity contribution is 5.70. The molecule has 2 saturated heterocycles. The molecule has 69 heavy (non-hydrogen) atoms. The van der Waals surface area contributed by atoms with Gasteiger partial charge in [0.1, 0.15) is 55.4 Å². The van der Waals surface area contributed by atoms with Gasteiger partial charge in [-0.3, -0.25) is 9.59 Å². The fraction of sp³-hybridized carbons (Fsp3) is 0.926. The number of allylic oxidation sites excluding steroid dienone is 2. The van der Waals surface area contributed by atoms with Crippen LogP contribution < -0.4 is 0 Å². The predicted octanol–water partition coefficient (Wildman–Crippen LogP) is 8.55. The maximum Gasteiger partial charge on any atom is 0.306 e. The Hall–Kier alpha value is -1.76. The Labute approximate surface area is 416 Å². The summed E-state index contributed by atoms with van der Waals surface area (Å²) in [6.45, 7) is 2.61. The van der Waals surface area contributed by atoms with E-state index in [0.29, 0.717) is 12.8 Å². The quantitative estimate of drug-likeness (QED) is 0.0172. The molecule has 2 rings (SSSR count). The molecule has 2 heterocycles. The van der Waals surface area contributed by atoms with E-state index >= 15 is 0 Å². The van der Waals surface area contributed by atoms with Crippen LogP contribution in [-0.4, -0.2) is 142 Å².